The van der Waals surface area contributed by atoms with Crippen molar-refractivity contribution >= 4 is 69.2 Å². The predicted octanol–water partition coefficient (Wildman–Crippen LogP) is 5.60. The Balaban J connectivity index is 1.42. The van der Waals surface area contributed by atoms with Crippen molar-refractivity contribution in [3.05, 3.63) is 36.2 Å². The number of unbranched alkanes of at least 4 members (excludes halogenated alkanes) is 3. The summed E-state index contributed by atoms with van der Waals surface area (Å²) < 4.78 is 2.03. The molecule has 9 nitrogen and oxygen atoms in total. The summed E-state index contributed by atoms with van der Waals surface area (Å²) in [4.78, 5) is 36.8. The van der Waals surface area contributed by atoms with Gasteiger partial charge < -0.3 is 20.7 Å². The molecule has 0 bridgehead atoms. The molecule has 1 aliphatic rings. The highest BCUT2D eigenvalue weighted by Crippen LogP contribution is 2.32. The normalized spacial score (nSPS) is 14.4. The molecule has 0 spiro atoms. The molecule has 1 fully saturated rings. The SMILES string of the molecule is O=CCCCCCNC(=O)c1ccc(Nc2nc(NC3CCCCC3)c3ncn(PI)c3n2)cc1. The van der Waals surface area contributed by atoms with Gasteiger partial charge in [-0.3, -0.25) is 9.13 Å². The van der Waals surface area contributed by atoms with Gasteiger partial charge >= 0.3 is 0 Å². The van der Waals surface area contributed by atoms with Crippen molar-refractivity contribution in [1.82, 2.24) is 24.6 Å². The summed E-state index contributed by atoms with van der Waals surface area (Å²) in [5, 5.41) is 9.83. The third kappa shape index (κ3) is 7.10. The van der Waals surface area contributed by atoms with Crippen LogP contribution in [0, 0.1) is 0 Å². The summed E-state index contributed by atoms with van der Waals surface area (Å²) in [6.07, 6.45) is 12.5. The fourth-order valence-corrected chi connectivity index (χ4v) is 5.62. The van der Waals surface area contributed by atoms with Gasteiger partial charge in [-0.25, -0.2) is 4.98 Å². The van der Waals surface area contributed by atoms with E-state index in [1.54, 1.807) is 12.1 Å². The van der Waals surface area contributed by atoms with Gasteiger partial charge in [-0.2, -0.15) is 9.97 Å². The van der Waals surface area contributed by atoms with Gasteiger partial charge in [0.1, 0.15) is 12.6 Å². The van der Waals surface area contributed by atoms with Crippen LogP contribution in [0.1, 0.15) is 68.1 Å². The van der Waals surface area contributed by atoms with Crippen LogP contribution >= 0.6 is 28.4 Å². The molecular weight excluding hydrogens is 576 g/mol. The third-order valence-corrected chi connectivity index (χ3v) is 8.19. The molecule has 3 aromatic rings. The summed E-state index contributed by atoms with van der Waals surface area (Å²) in [5.74, 6) is 1.16. The first kappa shape index (κ1) is 25.8. The number of aldehydes is 1. The number of hydrogen-bond acceptors (Lipinski definition) is 7. The minimum Gasteiger partial charge on any atom is -0.365 e. The number of nitrogens with zero attached hydrogens (tertiary/aromatic N) is 4. The molecule has 11 heteroatoms. The summed E-state index contributed by atoms with van der Waals surface area (Å²) in [6.45, 7) is 0.605. The van der Waals surface area contributed by atoms with Crippen molar-refractivity contribution in [2.24, 2.45) is 0 Å². The predicted molar refractivity (Wildman–Crippen MR) is 150 cm³/mol. The van der Waals surface area contributed by atoms with Crippen molar-refractivity contribution in [1.29, 1.82) is 0 Å². The number of anilines is 3. The van der Waals surface area contributed by atoms with Gasteiger partial charge in [-0.1, -0.05) is 25.7 Å². The zero-order valence-corrected chi connectivity index (χ0v) is 22.8. The van der Waals surface area contributed by atoms with E-state index in [1.807, 2.05) is 22.8 Å². The van der Waals surface area contributed by atoms with Crippen molar-refractivity contribution in [3.8, 4) is 0 Å². The molecule has 1 atom stereocenters. The lowest BCUT2D eigenvalue weighted by atomic mass is 9.95. The van der Waals surface area contributed by atoms with E-state index in [4.69, 9.17) is 9.97 Å². The standard InChI is InChI=1S/C24H31IN7O2P/c25-35-32-16-27-20-21(28-18-8-4-3-5-9-18)30-24(31-22(20)32)29-19-12-10-17(11-13-19)23(34)26-14-6-1-2-7-15-33/h10-13,15-16,18,35H,1-9,14H2,(H,26,34)(H2,28,29,30,31). The van der Waals surface area contributed by atoms with E-state index in [0.717, 1.165) is 61.1 Å². The Morgan fingerprint density at radius 2 is 1.91 bits per heavy atom. The van der Waals surface area contributed by atoms with Crippen LogP contribution in [-0.2, 0) is 4.79 Å². The molecule has 1 aliphatic carbocycles. The van der Waals surface area contributed by atoms with E-state index < -0.39 is 0 Å². The minimum atomic E-state index is -0.101. The van der Waals surface area contributed by atoms with Crippen molar-refractivity contribution in [2.75, 3.05) is 17.2 Å². The second-order valence-corrected chi connectivity index (χ2v) is 10.8. The molecule has 0 aliphatic heterocycles. The molecule has 1 amide bonds. The number of carbonyl (C=O) groups is 2. The Labute approximate surface area is 220 Å². The molecule has 1 aromatic carbocycles. The van der Waals surface area contributed by atoms with Gasteiger partial charge in [0, 0.05) is 30.3 Å². The summed E-state index contributed by atoms with van der Waals surface area (Å²) in [7, 11) is 0. The number of nitrogens with one attached hydrogen (secondary N) is 3. The molecule has 0 saturated heterocycles. The molecule has 2 heterocycles. The van der Waals surface area contributed by atoms with E-state index in [2.05, 4.69) is 43.0 Å². The Kier molecular flexibility index (Phi) is 9.65. The van der Waals surface area contributed by atoms with Crippen LogP contribution in [0.4, 0.5) is 17.5 Å². The van der Waals surface area contributed by atoms with Crippen LogP contribution in [0.25, 0.3) is 11.2 Å². The van der Waals surface area contributed by atoms with E-state index in [-0.39, 0.29) is 5.91 Å². The fourth-order valence-electron chi connectivity index (χ4n) is 4.23. The fraction of sp³-hybridized carbons (Fsp3) is 0.458. The van der Waals surface area contributed by atoms with Gasteiger partial charge in [0.05, 0.1) is 6.37 Å². The van der Waals surface area contributed by atoms with E-state index >= 15 is 0 Å². The van der Waals surface area contributed by atoms with Crippen LogP contribution in [0.2, 0.25) is 0 Å². The van der Waals surface area contributed by atoms with Crippen molar-refractivity contribution < 1.29 is 9.59 Å². The monoisotopic (exact) mass is 607 g/mol. The topological polar surface area (TPSA) is 114 Å². The number of rotatable bonds is 12. The molecular formula is C24H31IN7O2P. The number of aromatic nitrogens is 4. The molecule has 1 saturated carbocycles. The van der Waals surface area contributed by atoms with Crippen LogP contribution in [0.3, 0.4) is 0 Å². The Bertz CT molecular complexity index is 1130. The van der Waals surface area contributed by atoms with E-state index in [1.165, 1.54) is 19.3 Å². The number of carbonyl (C=O) groups excluding carboxylic acids is 2. The lowest BCUT2D eigenvalue weighted by molar-refractivity contribution is -0.107. The van der Waals surface area contributed by atoms with E-state index in [0.29, 0.717) is 36.9 Å². The number of hydrogen-bond donors (Lipinski definition) is 3. The average Bonchev–Trinajstić information content (AvgIpc) is 3.30. The quantitative estimate of drug-likeness (QED) is 0.106. The number of amides is 1. The zero-order chi connectivity index (χ0) is 24.5. The Morgan fingerprint density at radius 1 is 1.11 bits per heavy atom. The molecule has 35 heavy (non-hydrogen) atoms. The highest BCUT2D eigenvalue weighted by Gasteiger charge is 2.19. The van der Waals surface area contributed by atoms with Gasteiger partial charge in [0.2, 0.25) is 5.95 Å². The van der Waals surface area contributed by atoms with Crippen molar-refractivity contribution in [2.45, 2.75) is 63.8 Å². The smallest absolute Gasteiger partial charge is 0.251 e. The lowest BCUT2D eigenvalue weighted by Gasteiger charge is -2.23. The highest BCUT2D eigenvalue weighted by atomic mass is 127. The summed E-state index contributed by atoms with van der Waals surface area (Å²) >= 11 is 2.33. The number of halogens is 1. The second-order valence-electron chi connectivity index (χ2n) is 8.72. The van der Waals surface area contributed by atoms with Gasteiger partial charge in [0.25, 0.3) is 5.91 Å². The van der Waals surface area contributed by atoms with Crippen LogP contribution in [-0.4, -0.2) is 44.1 Å². The summed E-state index contributed by atoms with van der Waals surface area (Å²) in [6, 6.07) is 7.71. The molecule has 4 rings (SSSR count). The van der Waals surface area contributed by atoms with E-state index in [9.17, 15) is 9.59 Å². The first-order valence-corrected chi connectivity index (χ1v) is 16.2. The maximum Gasteiger partial charge on any atom is 0.251 e. The first-order chi connectivity index (χ1) is 17.2. The molecule has 186 valence electrons. The third-order valence-electron chi connectivity index (χ3n) is 6.12. The molecule has 3 N–H and O–H groups in total. The number of fused-ring (bicyclic) bond motifs is 1. The maximum absolute atomic E-state index is 12.4. The Morgan fingerprint density at radius 3 is 2.66 bits per heavy atom. The second kappa shape index (κ2) is 13.1. The molecule has 0 radical (unpaired) electrons. The molecule has 2 aromatic heterocycles. The summed E-state index contributed by atoms with van der Waals surface area (Å²) in [5.41, 5.74) is 3.01. The minimum absolute atomic E-state index is 0.101. The Hall–Kier alpha value is -2.33. The van der Waals surface area contributed by atoms with Crippen LogP contribution in [0.15, 0.2) is 30.6 Å². The molecule has 1 unspecified atom stereocenters. The van der Waals surface area contributed by atoms with Crippen LogP contribution < -0.4 is 16.0 Å². The van der Waals surface area contributed by atoms with Gasteiger partial charge in [0.15, 0.2) is 17.0 Å². The zero-order valence-electron chi connectivity index (χ0n) is 19.6. The average molecular weight is 607 g/mol. The van der Waals surface area contributed by atoms with Gasteiger partial charge in [-0.05, 0) is 72.0 Å². The highest BCUT2D eigenvalue weighted by molar-refractivity contribution is 14.2. The number of benzene rings is 1. The van der Waals surface area contributed by atoms with Crippen LogP contribution in [0.5, 0.6) is 0 Å². The van der Waals surface area contributed by atoms with Crippen molar-refractivity contribution in [3.63, 3.8) is 0 Å². The maximum atomic E-state index is 12.4. The first-order valence-electron chi connectivity index (χ1n) is 12.1. The largest absolute Gasteiger partial charge is 0.365 e. The number of imidazole rings is 1. The van der Waals surface area contributed by atoms with Gasteiger partial charge in [-0.15, -0.1) is 0 Å². The lowest BCUT2D eigenvalue weighted by Crippen LogP contribution is -2.24.